The molecular weight excluding hydrogens is 305 g/mol. The highest BCUT2D eigenvalue weighted by Crippen LogP contribution is 2.23. The zero-order valence-corrected chi connectivity index (χ0v) is 12.1. The van der Waals surface area contributed by atoms with Gasteiger partial charge < -0.3 is 4.42 Å². The minimum atomic E-state index is -0.533. The van der Waals surface area contributed by atoms with Crippen LogP contribution >= 0.6 is 11.8 Å². The van der Waals surface area contributed by atoms with E-state index in [4.69, 9.17) is 4.42 Å². The molecule has 0 spiro atoms. The van der Waals surface area contributed by atoms with Crippen molar-refractivity contribution in [3.8, 4) is 11.5 Å². The Morgan fingerprint density at radius 2 is 2.05 bits per heavy atom. The van der Waals surface area contributed by atoms with Crippen molar-refractivity contribution >= 4 is 17.5 Å². The summed E-state index contributed by atoms with van der Waals surface area (Å²) in [7, 11) is 0. The second-order valence-corrected chi connectivity index (χ2v) is 5.23. The molecule has 0 fully saturated rings. The Labute approximate surface area is 129 Å². The summed E-state index contributed by atoms with van der Waals surface area (Å²) in [6, 6.07) is 9.41. The molecule has 0 unspecified atom stereocenters. The summed E-state index contributed by atoms with van der Waals surface area (Å²) in [5.41, 5.74) is 0.754. The lowest BCUT2D eigenvalue weighted by molar-refractivity contribution is 0.101. The first-order chi connectivity index (χ1) is 10.7. The number of Topliss-reactive ketones (excluding diaryl/α,β-unsaturated/α-hetero) is 1. The SMILES string of the molecule is O=C(CSc1nnc(-c2cccnc2)o1)c1ccccc1F. The van der Waals surface area contributed by atoms with Crippen LogP contribution < -0.4 is 0 Å². The number of rotatable bonds is 5. The lowest BCUT2D eigenvalue weighted by Crippen LogP contribution is -2.04. The van der Waals surface area contributed by atoms with Gasteiger partial charge in [-0.3, -0.25) is 9.78 Å². The highest BCUT2D eigenvalue weighted by atomic mass is 32.2. The Balaban J connectivity index is 1.67. The van der Waals surface area contributed by atoms with Crippen LogP contribution in [0.1, 0.15) is 10.4 Å². The molecule has 0 N–H and O–H groups in total. The van der Waals surface area contributed by atoms with E-state index in [0.29, 0.717) is 11.5 Å². The third-order valence-corrected chi connectivity index (χ3v) is 3.63. The molecular formula is C15H10FN3O2S. The zero-order valence-electron chi connectivity index (χ0n) is 11.3. The van der Waals surface area contributed by atoms with Crippen LogP contribution in [0.15, 0.2) is 58.4 Å². The third kappa shape index (κ3) is 3.20. The van der Waals surface area contributed by atoms with E-state index >= 15 is 0 Å². The Bertz CT molecular complexity index is 792. The largest absolute Gasteiger partial charge is 0.411 e. The summed E-state index contributed by atoms with van der Waals surface area (Å²) < 4.78 is 18.9. The number of aromatic nitrogens is 3. The summed E-state index contributed by atoms with van der Waals surface area (Å²) in [4.78, 5) is 15.9. The fourth-order valence-corrected chi connectivity index (χ4v) is 2.41. The van der Waals surface area contributed by atoms with Crippen LogP contribution in [0.25, 0.3) is 11.5 Å². The van der Waals surface area contributed by atoms with Crippen LogP contribution in [0.5, 0.6) is 0 Å². The first kappa shape index (κ1) is 14.4. The van der Waals surface area contributed by atoms with E-state index in [9.17, 15) is 9.18 Å². The molecule has 110 valence electrons. The van der Waals surface area contributed by atoms with Gasteiger partial charge in [-0.25, -0.2) is 4.39 Å². The highest BCUT2D eigenvalue weighted by molar-refractivity contribution is 7.99. The van der Waals surface area contributed by atoms with Crippen molar-refractivity contribution in [1.29, 1.82) is 0 Å². The molecule has 5 nitrogen and oxygen atoms in total. The van der Waals surface area contributed by atoms with Gasteiger partial charge in [0.2, 0.25) is 5.89 Å². The predicted octanol–water partition coefficient (Wildman–Crippen LogP) is 3.25. The minimum Gasteiger partial charge on any atom is -0.411 e. The number of ketones is 1. The van der Waals surface area contributed by atoms with Gasteiger partial charge in [0.15, 0.2) is 5.78 Å². The smallest absolute Gasteiger partial charge is 0.277 e. The van der Waals surface area contributed by atoms with Gasteiger partial charge in [0.25, 0.3) is 5.22 Å². The number of carbonyl (C=O) groups excluding carboxylic acids is 1. The van der Waals surface area contributed by atoms with E-state index in [2.05, 4.69) is 15.2 Å². The Morgan fingerprint density at radius 1 is 1.18 bits per heavy atom. The van der Waals surface area contributed by atoms with E-state index in [-0.39, 0.29) is 22.3 Å². The number of hydrogen-bond donors (Lipinski definition) is 0. The second kappa shape index (κ2) is 6.48. The first-order valence-electron chi connectivity index (χ1n) is 6.38. The van der Waals surface area contributed by atoms with Crippen LogP contribution in [0.3, 0.4) is 0 Å². The fourth-order valence-electron chi connectivity index (χ4n) is 1.77. The summed E-state index contributed by atoms with van der Waals surface area (Å²) in [6.45, 7) is 0. The van der Waals surface area contributed by atoms with Crippen molar-refractivity contribution in [2.45, 2.75) is 5.22 Å². The molecule has 22 heavy (non-hydrogen) atoms. The van der Waals surface area contributed by atoms with Crippen molar-refractivity contribution in [2.75, 3.05) is 5.75 Å². The number of nitrogens with zero attached hydrogens (tertiary/aromatic N) is 3. The lowest BCUT2D eigenvalue weighted by Gasteiger charge is -2.00. The van der Waals surface area contributed by atoms with Crippen molar-refractivity contribution in [3.05, 3.63) is 60.2 Å². The monoisotopic (exact) mass is 315 g/mol. The number of benzene rings is 1. The molecule has 0 bridgehead atoms. The fraction of sp³-hybridized carbons (Fsp3) is 0.0667. The van der Waals surface area contributed by atoms with Crippen molar-refractivity contribution in [2.24, 2.45) is 0 Å². The average Bonchev–Trinajstić information content (AvgIpc) is 3.03. The second-order valence-electron chi connectivity index (χ2n) is 4.31. The Kier molecular flexibility index (Phi) is 4.24. The average molecular weight is 315 g/mol. The maximum atomic E-state index is 13.5. The molecule has 0 atom stereocenters. The third-order valence-electron chi connectivity index (χ3n) is 2.82. The Morgan fingerprint density at radius 3 is 2.82 bits per heavy atom. The van der Waals surface area contributed by atoms with E-state index in [1.807, 2.05) is 0 Å². The number of thioether (sulfide) groups is 1. The molecule has 2 heterocycles. The van der Waals surface area contributed by atoms with Crippen molar-refractivity contribution in [1.82, 2.24) is 15.2 Å². The topological polar surface area (TPSA) is 68.9 Å². The van der Waals surface area contributed by atoms with Crippen LogP contribution in [0, 0.1) is 5.82 Å². The molecule has 0 amide bonds. The quantitative estimate of drug-likeness (QED) is 0.532. The molecule has 0 saturated heterocycles. The van der Waals surface area contributed by atoms with E-state index in [1.54, 1.807) is 30.6 Å². The predicted molar refractivity (Wildman–Crippen MR) is 79.0 cm³/mol. The first-order valence-corrected chi connectivity index (χ1v) is 7.37. The number of carbonyl (C=O) groups is 1. The van der Waals surface area contributed by atoms with Gasteiger partial charge in [-0.15, -0.1) is 10.2 Å². The lowest BCUT2D eigenvalue weighted by atomic mass is 10.1. The molecule has 3 aromatic rings. The number of halogens is 1. The van der Waals surface area contributed by atoms with Gasteiger partial charge in [-0.1, -0.05) is 23.9 Å². The maximum Gasteiger partial charge on any atom is 0.277 e. The summed E-state index contributed by atoms with van der Waals surface area (Å²) in [5.74, 6) is -0.511. The van der Waals surface area contributed by atoms with Crippen molar-refractivity contribution in [3.63, 3.8) is 0 Å². The Hall–Kier alpha value is -2.54. The maximum absolute atomic E-state index is 13.5. The zero-order chi connectivity index (χ0) is 15.4. The van der Waals surface area contributed by atoms with E-state index in [0.717, 1.165) is 11.8 Å². The molecule has 7 heteroatoms. The molecule has 0 aliphatic rings. The summed E-state index contributed by atoms with van der Waals surface area (Å²) >= 11 is 1.07. The molecule has 3 rings (SSSR count). The van der Waals surface area contributed by atoms with Gasteiger partial charge in [0.1, 0.15) is 5.82 Å². The van der Waals surface area contributed by atoms with E-state index in [1.165, 1.54) is 18.2 Å². The number of pyridine rings is 1. The van der Waals surface area contributed by atoms with Gasteiger partial charge >= 0.3 is 0 Å². The van der Waals surface area contributed by atoms with E-state index < -0.39 is 5.82 Å². The molecule has 0 aliphatic carbocycles. The molecule has 0 aliphatic heterocycles. The highest BCUT2D eigenvalue weighted by Gasteiger charge is 2.14. The van der Waals surface area contributed by atoms with Crippen LogP contribution in [0.4, 0.5) is 4.39 Å². The molecule has 1 aromatic carbocycles. The molecule has 0 radical (unpaired) electrons. The molecule has 2 aromatic heterocycles. The summed E-state index contributed by atoms with van der Waals surface area (Å²) in [5, 5.41) is 8.00. The van der Waals surface area contributed by atoms with Gasteiger partial charge in [0, 0.05) is 12.4 Å². The van der Waals surface area contributed by atoms with Crippen LogP contribution in [-0.4, -0.2) is 26.7 Å². The standard InChI is InChI=1S/C15H10FN3O2S/c16-12-6-2-1-5-11(12)13(20)9-22-15-19-18-14(21-15)10-4-3-7-17-8-10/h1-8H,9H2. The molecule has 0 saturated carbocycles. The van der Waals surface area contributed by atoms with Gasteiger partial charge in [-0.05, 0) is 24.3 Å². The minimum absolute atomic E-state index is 0.0234. The van der Waals surface area contributed by atoms with Crippen LogP contribution in [0.2, 0.25) is 0 Å². The number of hydrogen-bond acceptors (Lipinski definition) is 6. The van der Waals surface area contributed by atoms with Crippen molar-refractivity contribution < 1.29 is 13.6 Å². The van der Waals surface area contributed by atoms with Crippen LogP contribution in [-0.2, 0) is 0 Å². The summed E-state index contributed by atoms with van der Waals surface area (Å²) in [6.07, 6.45) is 3.25. The normalized spacial score (nSPS) is 10.6. The van der Waals surface area contributed by atoms with Gasteiger partial charge in [0.05, 0.1) is 16.9 Å². The van der Waals surface area contributed by atoms with Gasteiger partial charge in [-0.2, -0.15) is 0 Å².